The second kappa shape index (κ2) is 4.08. The highest BCUT2D eigenvalue weighted by atomic mass is 32.1. The number of fused-ring (bicyclic) bond motifs is 1. The van der Waals surface area contributed by atoms with Gasteiger partial charge in [0.15, 0.2) is 5.78 Å². The highest BCUT2D eigenvalue weighted by Crippen LogP contribution is 2.26. The van der Waals surface area contributed by atoms with Crippen molar-refractivity contribution in [3.8, 4) is 0 Å². The first kappa shape index (κ1) is 10.3. The standard InChI is InChI=1S/C11H9FO2S/c1-14-6-9(13)11-5-7-4-8(12)2-3-10(7)15-11/h2-5H,6H2,1H3. The number of carbonyl (C=O) groups excluding carboxylic acids is 1. The van der Waals surface area contributed by atoms with E-state index in [0.717, 1.165) is 10.1 Å². The Balaban J connectivity index is 2.42. The number of hydrogen-bond donors (Lipinski definition) is 0. The summed E-state index contributed by atoms with van der Waals surface area (Å²) in [7, 11) is 1.48. The van der Waals surface area contributed by atoms with Crippen LogP contribution in [0.25, 0.3) is 10.1 Å². The number of carbonyl (C=O) groups is 1. The van der Waals surface area contributed by atoms with Crippen molar-refractivity contribution in [2.75, 3.05) is 13.7 Å². The number of halogens is 1. The molecule has 0 aliphatic heterocycles. The SMILES string of the molecule is COCC(=O)c1cc2cc(F)ccc2s1. The molecule has 15 heavy (non-hydrogen) atoms. The first-order valence-electron chi connectivity index (χ1n) is 4.42. The van der Waals surface area contributed by atoms with Gasteiger partial charge in [-0.2, -0.15) is 0 Å². The molecule has 0 N–H and O–H groups in total. The van der Waals surface area contributed by atoms with Gasteiger partial charge in [0.05, 0.1) is 4.88 Å². The molecule has 0 atom stereocenters. The highest BCUT2D eigenvalue weighted by Gasteiger charge is 2.09. The maximum Gasteiger partial charge on any atom is 0.198 e. The molecule has 2 aromatic rings. The summed E-state index contributed by atoms with van der Waals surface area (Å²) < 4.78 is 18.6. The van der Waals surface area contributed by atoms with Crippen molar-refractivity contribution in [1.82, 2.24) is 0 Å². The summed E-state index contributed by atoms with van der Waals surface area (Å²) in [6, 6.07) is 6.20. The Morgan fingerprint density at radius 2 is 2.27 bits per heavy atom. The average Bonchev–Trinajstić information content (AvgIpc) is 2.60. The topological polar surface area (TPSA) is 26.3 Å². The number of rotatable bonds is 3. The smallest absolute Gasteiger partial charge is 0.198 e. The second-order valence-electron chi connectivity index (χ2n) is 3.15. The van der Waals surface area contributed by atoms with E-state index in [1.54, 1.807) is 12.1 Å². The third kappa shape index (κ3) is 2.06. The molecule has 1 aromatic heterocycles. The number of ketones is 1. The van der Waals surface area contributed by atoms with E-state index in [-0.39, 0.29) is 18.2 Å². The number of hydrogen-bond acceptors (Lipinski definition) is 3. The first-order valence-corrected chi connectivity index (χ1v) is 5.23. The molecule has 0 saturated heterocycles. The van der Waals surface area contributed by atoms with E-state index in [2.05, 4.69) is 0 Å². The predicted molar refractivity (Wildman–Crippen MR) is 58.0 cm³/mol. The number of ether oxygens (including phenoxy) is 1. The van der Waals surface area contributed by atoms with Crippen molar-refractivity contribution in [3.63, 3.8) is 0 Å². The van der Waals surface area contributed by atoms with E-state index in [1.165, 1.54) is 30.6 Å². The maximum absolute atomic E-state index is 12.9. The number of thiophene rings is 1. The summed E-state index contributed by atoms with van der Waals surface area (Å²) in [4.78, 5) is 12.1. The van der Waals surface area contributed by atoms with Gasteiger partial charge in [0.1, 0.15) is 12.4 Å². The molecule has 0 spiro atoms. The lowest BCUT2D eigenvalue weighted by Gasteiger charge is -1.92. The second-order valence-corrected chi connectivity index (χ2v) is 4.23. The van der Waals surface area contributed by atoms with Crippen LogP contribution in [0, 0.1) is 5.82 Å². The van der Waals surface area contributed by atoms with Crippen LogP contribution >= 0.6 is 11.3 Å². The van der Waals surface area contributed by atoms with Crippen LogP contribution in [0.4, 0.5) is 4.39 Å². The van der Waals surface area contributed by atoms with Crippen LogP contribution in [0.1, 0.15) is 9.67 Å². The highest BCUT2D eigenvalue weighted by molar-refractivity contribution is 7.20. The Kier molecular flexibility index (Phi) is 2.79. The molecular weight excluding hydrogens is 215 g/mol. The number of Topliss-reactive ketones (excluding diaryl/α,β-unsaturated/α-hetero) is 1. The van der Waals surface area contributed by atoms with Crippen molar-refractivity contribution in [2.45, 2.75) is 0 Å². The van der Waals surface area contributed by atoms with Crippen LogP contribution in [0.2, 0.25) is 0 Å². The largest absolute Gasteiger partial charge is 0.376 e. The molecule has 78 valence electrons. The molecule has 4 heteroatoms. The van der Waals surface area contributed by atoms with Gasteiger partial charge in [-0.3, -0.25) is 4.79 Å². The minimum absolute atomic E-state index is 0.0648. The zero-order chi connectivity index (χ0) is 10.8. The fraction of sp³-hybridized carbons (Fsp3) is 0.182. The maximum atomic E-state index is 12.9. The molecule has 0 bridgehead atoms. The van der Waals surface area contributed by atoms with Crippen molar-refractivity contribution in [1.29, 1.82) is 0 Å². The van der Waals surface area contributed by atoms with Gasteiger partial charge in [0.2, 0.25) is 0 Å². The van der Waals surface area contributed by atoms with E-state index in [1.807, 2.05) is 0 Å². The molecule has 1 heterocycles. The van der Waals surface area contributed by atoms with Gasteiger partial charge in [0.25, 0.3) is 0 Å². The molecule has 2 nitrogen and oxygen atoms in total. The van der Waals surface area contributed by atoms with Gasteiger partial charge in [-0.05, 0) is 29.7 Å². The number of benzene rings is 1. The van der Waals surface area contributed by atoms with Crippen LogP contribution in [0.5, 0.6) is 0 Å². The Bertz CT molecular complexity index is 504. The first-order chi connectivity index (χ1) is 7.20. The van der Waals surface area contributed by atoms with Crippen LogP contribution in [-0.2, 0) is 4.74 Å². The van der Waals surface area contributed by atoms with Gasteiger partial charge in [-0.25, -0.2) is 4.39 Å². The minimum Gasteiger partial charge on any atom is -0.376 e. The zero-order valence-electron chi connectivity index (χ0n) is 8.12. The van der Waals surface area contributed by atoms with E-state index >= 15 is 0 Å². The normalized spacial score (nSPS) is 10.8. The van der Waals surface area contributed by atoms with E-state index < -0.39 is 0 Å². The van der Waals surface area contributed by atoms with Gasteiger partial charge in [-0.15, -0.1) is 11.3 Å². The summed E-state index contributed by atoms with van der Waals surface area (Å²) in [5.74, 6) is -0.356. The van der Waals surface area contributed by atoms with Crippen molar-refractivity contribution in [3.05, 3.63) is 35.0 Å². The minimum atomic E-state index is -0.286. The van der Waals surface area contributed by atoms with E-state index in [9.17, 15) is 9.18 Å². The fourth-order valence-electron chi connectivity index (χ4n) is 1.35. The van der Waals surface area contributed by atoms with Crippen molar-refractivity contribution in [2.24, 2.45) is 0 Å². The van der Waals surface area contributed by atoms with Crippen LogP contribution < -0.4 is 0 Å². The lowest BCUT2D eigenvalue weighted by atomic mass is 10.2. The summed E-state index contributed by atoms with van der Waals surface area (Å²) in [6.45, 7) is 0.0648. The van der Waals surface area contributed by atoms with Crippen LogP contribution in [0.15, 0.2) is 24.3 Å². The van der Waals surface area contributed by atoms with Gasteiger partial charge < -0.3 is 4.74 Å². The van der Waals surface area contributed by atoms with Gasteiger partial charge >= 0.3 is 0 Å². The molecule has 0 amide bonds. The zero-order valence-corrected chi connectivity index (χ0v) is 8.94. The molecule has 1 aromatic carbocycles. The third-order valence-electron chi connectivity index (χ3n) is 2.03. The molecule has 0 radical (unpaired) electrons. The fourth-order valence-corrected chi connectivity index (χ4v) is 2.32. The van der Waals surface area contributed by atoms with Crippen LogP contribution in [0.3, 0.4) is 0 Å². The molecule has 2 rings (SSSR count). The van der Waals surface area contributed by atoms with Crippen molar-refractivity contribution >= 4 is 27.2 Å². The Morgan fingerprint density at radius 3 is 3.00 bits per heavy atom. The van der Waals surface area contributed by atoms with Gasteiger partial charge in [0, 0.05) is 11.8 Å². The molecule has 0 aliphatic rings. The summed E-state index contributed by atoms with van der Waals surface area (Å²) in [6.07, 6.45) is 0. The third-order valence-corrected chi connectivity index (χ3v) is 3.19. The molecule has 0 aliphatic carbocycles. The quantitative estimate of drug-likeness (QED) is 0.749. The predicted octanol–water partition coefficient (Wildman–Crippen LogP) is 2.87. The molecule has 0 unspecified atom stereocenters. The monoisotopic (exact) mass is 224 g/mol. The van der Waals surface area contributed by atoms with Gasteiger partial charge in [-0.1, -0.05) is 0 Å². The summed E-state index contributed by atoms with van der Waals surface area (Å²) in [5, 5.41) is 0.763. The molecular formula is C11H9FO2S. The number of methoxy groups -OCH3 is 1. The lowest BCUT2D eigenvalue weighted by molar-refractivity contribution is 0.0852. The Labute approximate surface area is 90.3 Å². The van der Waals surface area contributed by atoms with E-state index in [4.69, 9.17) is 4.74 Å². The Hall–Kier alpha value is -1.26. The lowest BCUT2D eigenvalue weighted by Crippen LogP contribution is -2.04. The van der Waals surface area contributed by atoms with Crippen LogP contribution in [-0.4, -0.2) is 19.5 Å². The van der Waals surface area contributed by atoms with E-state index in [0.29, 0.717) is 4.88 Å². The summed E-state index contributed by atoms with van der Waals surface area (Å²) >= 11 is 1.36. The summed E-state index contributed by atoms with van der Waals surface area (Å²) in [5.41, 5.74) is 0. The average molecular weight is 224 g/mol. The Morgan fingerprint density at radius 1 is 1.47 bits per heavy atom. The molecule has 0 saturated carbocycles. The van der Waals surface area contributed by atoms with Crippen molar-refractivity contribution < 1.29 is 13.9 Å². The molecule has 0 fully saturated rings.